The molecule has 1 rings (SSSR count). The maximum Gasteiger partial charge on any atom is 0.250 e. The highest BCUT2D eigenvalue weighted by atomic mass is 16.3. The summed E-state index contributed by atoms with van der Waals surface area (Å²) < 4.78 is 0. The first kappa shape index (κ1) is 10.5. The van der Waals surface area contributed by atoms with Gasteiger partial charge in [-0.1, -0.05) is 24.3 Å². The number of amides is 1. The van der Waals surface area contributed by atoms with E-state index in [1.165, 1.54) is 0 Å². The Morgan fingerprint density at radius 2 is 2.21 bits per heavy atom. The fourth-order valence-corrected chi connectivity index (χ4v) is 1.17. The summed E-state index contributed by atoms with van der Waals surface area (Å²) in [5.74, 6) is -0.401. The van der Waals surface area contributed by atoms with Crippen molar-refractivity contribution < 1.29 is 9.90 Å². The average Bonchev–Trinajstić information content (AvgIpc) is 2.21. The maximum atomic E-state index is 11.0. The van der Waals surface area contributed by atoms with E-state index in [0.29, 0.717) is 6.42 Å². The molecule has 1 aromatic rings. The van der Waals surface area contributed by atoms with Crippen LogP contribution in [-0.2, 0) is 11.2 Å². The van der Waals surface area contributed by atoms with Crippen molar-refractivity contribution in [1.82, 2.24) is 0 Å². The summed E-state index contributed by atoms with van der Waals surface area (Å²) in [6, 6.07) is 7.44. The molecule has 74 valence electrons. The third kappa shape index (κ3) is 2.71. The van der Waals surface area contributed by atoms with Crippen LogP contribution in [0.25, 0.3) is 0 Å². The topological polar surface area (TPSA) is 49.3 Å². The molecule has 0 heterocycles. The summed E-state index contributed by atoms with van der Waals surface area (Å²) >= 11 is 0. The van der Waals surface area contributed by atoms with Crippen LogP contribution in [-0.4, -0.2) is 17.6 Å². The van der Waals surface area contributed by atoms with E-state index in [9.17, 15) is 4.79 Å². The molecule has 0 bridgehead atoms. The standard InChI is InChI=1S/C11H13NO2/c1-2-5-9-6-3-4-7-10(9)12-11(14)8-13/h2-4,6-7,13H,1,5,8H2,(H,12,14). The van der Waals surface area contributed by atoms with Gasteiger partial charge in [0.15, 0.2) is 0 Å². The van der Waals surface area contributed by atoms with E-state index in [1.807, 2.05) is 18.2 Å². The van der Waals surface area contributed by atoms with Gasteiger partial charge in [0, 0.05) is 5.69 Å². The second kappa shape index (κ2) is 5.19. The number of aliphatic hydroxyl groups is 1. The van der Waals surface area contributed by atoms with Gasteiger partial charge >= 0.3 is 0 Å². The number of benzene rings is 1. The van der Waals surface area contributed by atoms with Gasteiger partial charge in [-0.15, -0.1) is 6.58 Å². The van der Waals surface area contributed by atoms with Gasteiger partial charge in [-0.3, -0.25) is 4.79 Å². The SMILES string of the molecule is C=CCc1ccccc1NC(=O)CO. The van der Waals surface area contributed by atoms with E-state index in [2.05, 4.69) is 11.9 Å². The fraction of sp³-hybridized carbons (Fsp3) is 0.182. The lowest BCUT2D eigenvalue weighted by Gasteiger charge is -2.07. The minimum Gasteiger partial charge on any atom is -0.387 e. The Morgan fingerprint density at radius 3 is 2.86 bits per heavy atom. The molecule has 1 aromatic carbocycles. The van der Waals surface area contributed by atoms with Crippen molar-refractivity contribution in [1.29, 1.82) is 0 Å². The Labute approximate surface area is 83.1 Å². The zero-order chi connectivity index (χ0) is 10.4. The van der Waals surface area contributed by atoms with Crippen LogP contribution in [0.4, 0.5) is 5.69 Å². The molecule has 1 amide bonds. The summed E-state index contributed by atoms with van der Waals surface area (Å²) in [5, 5.41) is 11.2. The van der Waals surface area contributed by atoms with Crippen molar-refractivity contribution >= 4 is 11.6 Å². The lowest BCUT2D eigenvalue weighted by Crippen LogP contribution is -2.16. The number of anilines is 1. The van der Waals surface area contributed by atoms with E-state index in [4.69, 9.17) is 5.11 Å². The molecular weight excluding hydrogens is 178 g/mol. The summed E-state index contributed by atoms with van der Waals surface area (Å²) in [6.07, 6.45) is 2.46. The summed E-state index contributed by atoms with van der Waals surface area (Å²) in [4.78, 5) is 11.0. The number of nitrogens with one attached hydrogen (secondary N) is 1. The van der Waals surface area contributed by atoms with Gasteiger partial charge in [0.05, 0.1) is 0 Å². The highest BCUT2D eigenvalue weighted by Crippen LogP contribution is 2.15. The molecule has 0 unspecified atom stereocenters. The van der Waals surface area contributed by atoms with E-state index in [1.54, 1.807) is 12.1 Å². The van der Waals surface area contributed by atoms with Crippen molar-refractivity contribution in [2.24, 2.45) is 0 Å². The van der Waals surface area contributed by atoms with Crippen molar-refractivity contribution in [2.75, 3.05) is 11.9 Å². The van der Waals surface area contributed by atoms with Crippen LogP contribution in [0.15, 0.2) is 36.9 Å². The molecule has 0 saturated heterocycles. The largest absolute Gasteiger partial charge is 0.387 e. The summed E-state index contributed by atoms with van der Waals surface area (Å²) in [5.41, 5.74) is 1.72. The number of para-hydroxylation sites is 1. The molecule has 0 aromatic heterocycles. The molecule has 14 heavy (non-hydrogen) atoms. The smallest absolute Gasteiger partial charge is 0.250 e. The van der Waals surface area contributed by atoms with Gasteiger partial charge in [0.1, 0.15) is 6.61 Å². The first-order chi connectivity index (χ1) is 6.77. The molecule has 0 fully saturated rings. The minimum atomic E-state index is -0.498. The Hall–Kier alpha value is -1.61. The second-order valence-electron chi connectivity index (χ2n) is 2.86. The minimum absolute atomic E-state index is 0.401. The van der Waals surface area contributed by atoms with E-state index in [0.717, 1.165) is 11.3 Å². The lowest BCUT2D eigenvalue weighted by molar-refractivity contribution is -0.118. The number of carbonyl (C=O) groups is 1. The van der Waals surface area contributed by atoms with Gasteiger partial charge in [0.25, 0.3) is 0 Å². The van der Waals surface area contributed by atoms with Gasteiger partial charge in [-0.2, -0.15) is 0 Å². The predicted molar refractivity (Wildman–Crippen MR) is 56.1 cm³/mol. The molecule has 0 atom stereocenters. The number of hydrogen-bond donors (Lipinski definition) is 2. The van der Waals surface area contributed by atoms with Crippen LogP contribution in [0.1, 0.15) is 5.56 Å². The van der Waals surface area contributed by atoms with Crippen LogP contribution in [0.2, 0.25) is 0 Å². The van der Waals surface area contributed by atoms with Crippen molar-refractivity contribution in [3.8, 4) is 0 Å². The molecule has 0 aliphatic rings. The molecule has 0 aliphatic heterocycles. The Bertz CT molecular complexity index is 334. The summed E-state index contributed by atoms with van der Waals surface area (Å²) in [7, 11) is 0. The Kier molecular flexibility index (Phi) is 3.88. The number of hydrogen-bond acceptors (Lipinski definition) is 2. The van der Waals surface area contributed by atoms with Crippen LogP contribution in [0.3, 0.4) is 0 Å². The normalized spacial score (nSPS) is 9.50. The van der Waals surface area contributed by atoms with Crippen molar-refractivity contribution in [3.05, 3.63) is 42.5 Å². The zero-order valence-corrected chi connectivity index (χ0v) is 7.86. The van der Waals surface area contributed by atoms with Crippen LogP contribution >= 0.6 is 0 Å². The monoisotopic (exact) mass is 191 g/mol. The number of aliphatic hydroxyl groups excluding tert-OH is 1. The van der Waals surface area contributed by atoms with Crippen LogP contribution < -0.4 is 5.32 Å². The molecule has 3 heteroatoms. The third-order valence-electron chi connectivity index (χ3n) is 1.80. The highest BCUT2D eigenvalue weighted by Gasteiger charge is 2.03. The second-order valence-corrected chi connectivity index (χ2v) is 2.86. The zero-order valence-electron chi connectivity index (χ0n) is 7.86. The van der Waals surface area contributed by atoms with Crippen LogP contribution in [0, 0.1) is 0 Å². The predicted octanol–water partition coefficient (Wildman–Crippen LogP) is 1.35. The number of carbonyl (C=O) groups excluding carboxylic acids is 1. The molecule has 0 saturated carbocycles. The first-order valence-electron chi connectivity index (χ1n) is 4.37. The molecular formula is C11H13NO2. The quantitative estimate of drug-likeness (QED) is 0.706. The Morgan fingerprint density at radius 1 is 1.50 bits per heavy atom. The third-order valence-corrected chi connectivity index (χ3v) is 1.80. The van der Waals surface area contributed by atoms with Gasteiger partial charge < -0.3 is 10.4 Å². The highest BCUT2D eigenvalue weighted by molar-refractivity contribution is 5.92. The molecule has 2 N–H and O–H groups in total. The van der Waals surface area contributed by atoms with Gasteiger partial charge in [-0.05, 0) is 18.1 Å². The van der Waals surface area contributed by atoms with Gasteiger partial charge in [0.2, 0.25) is 5.91 Å². The van der Waals surface area contributed by atoms with Crippen molar-refractivity contribution in [2.45, 2.75) is 6.42 Å². The van der Waals surface area contributed by atoms with Gasteiger partial charge in [-0.25, -0.2) is 0 Å². The average molecular weight is 191 g/mol. The molecule has 0 spiro atoms. The van der Waals surface area contributed by atoms with Crippen LogP contribution in [0.5, 0.6) is 0 Å². The fourth-order valence-electron chi connectivity index (χ4n) is 1.17. The lowest BCUT2D eigenvalue weighted by atomic mass is 10.1. The van der Waals surface area contributed by atoms with E-state index < -0.39 is 12.5 Å². The van der Waals surface area contributed by atoms with E-state index >= 15 is 0 Å². The van der Waals surface area contributed by atoms with E-state index in [-0.39, 0.29) is 0 Å². The molecule has 0 aliphatic carbocycles. The molecule has 3 nitrogen and oxygen atoms in total. The van der Waals surface area contributed by atoms with Crippen molar-refractivity contribution in [3.63, 3.8) is 0 Å². The maximum absolute atomic E-state index is 11.0. The summed E-state index contributed by atoms with van der Waals surface area (Å²) in [6.45, 7) is 3.14. The Balaban J connectivity index is 2.83. The number of allylic oxidation sites excluding steroid dienone is 1. The first-order valence-corrected chi connectivity index (χ1v) is 4.37. The number of rotatable bonds is 4. The molecule has 0 radical (unpaired) electrons.